The second kappa shape index (κ2) is 8.39. The second-order valence-electron chi connectivity index (χ2n) is 9.42. The molecule has 3 aliphatic rings. The molecule has 1 aliphatic carbocycles. The lowest BCUT2D eigenvalue weighted by atomic mass is 9.83. The minimum absolute atomic E-state index is 0.0161. The summed E-state index contributed by atoms with van der Waals surface area (Å²) in [5.74, 6) is -1.15. The first-order valence-corrected chi connectivity index (χ1v) is 11.9. The van der Waals surface area contributed by atoms with Crippen LogP contribution in [0.5, 0.6) is 0 Å². The van der Waals surface area contributed by atoms with Gasteiger partial charge in [0.25, 0.3) is 0 Å². The molecule has 0 aromatic heterocycles. The maximum absolute atomic E-state index is 13.8. The zero-order valence-corrected chi connectivity index (χ0v) is 18.7. The van der Waals surface area contributed by atoms with Crippen molar-refractivity contribution in [1.82, 2.24) is 4.90 Å². The van der Waals surface area contributed by atoms with Crippen molar-refractivity contribution in [2.45, 2.75) is 43.7 Å². The fourth-order valence-corrected chi connectivity index (χ4v) is 5.94. The highest BCUT2D eigenvalue weighted by Gasteiger charge is 2.39. The van der Waals surface area contributed by atoms with Gasteiger partial charge < -0.3 is 4.74 Å². The first kappa shape index (κ1) is 21.1. The van der Waals surface area contributed by atoms with Crippen LogP contribution in [-0.2, 0) is 4.74 Å². The van der Waals surface area contributed by atoms with Crippen molar-refractivity contribution in [2.75, 3.05) is 6.61 Å². The van der Waals surface area contributed by atoms with Crippen LogP contribution in [0.1, 0.15) is 48.3 Å². The molecule has 3 aromatic rings. The SMILES string of the molecule is O=C(OCC1c2ccccc2-c2ccccc21)N1C2C=C(c3cc(F)cc(F)c3)CC1CCC2. The van der Waals surface area contributed by atoms with Crippen LogP contribution in [0.3, 0.4) is 0 Å². The number of ether oxygens (including phenoxy) is 1. The standard InChI is InChI=1S/C29H25F2NO2/c30-20-12-18(13-21(31)16-20)19-14-22-6-5-7-23(15-19)32(22)29(33)34-17-28-26-10-3-1-8-24(26)25-9-2-4-11-27(25)28/h1-4,8-14,16,22-23,28H,5-7,15,17H2. The number of benzene rings is 3. The van der Waals surface area contributed by atoms with Crippen LogP contribution in [0.4, 0.5) is 13.6 Å². The Morgan fingerprint density at radius 1 is 0.912 bits per heavy atom. The van der Waals surface area contributed by atoms with Crippen LogP contribution >= 0.6 is 0 Å². The Kier molecular flexibility index (Phi) is 5.20. The smallest absolute Gasteiger partial charge is 0.410 e. The first-order chi connectivity index (χ1) is 16.6. The molecule has 0 radical (unpaired) electrons. The number of fused-ring (bicyclic) bond motifs is 5. The average Bonchev–Trinajstić information content (AvgIpc) is 3.15. The monoisotopic (exact) mass is 457 g/mol. The molecule has 2 atom stereocenters. The van der Waals surface area contributed by atoms with Gasteiger partial charge in [-0.05, 0) is 71.2 Å². The van der Waals surface area contributed by atoms with Crippen molar-refractivity contribution in [3.05, 3.63) is 101 Å². The minimum atomic E-state index is -0.583. The lowest BCUT2D eigenvalue weighted by molar-refractivity contribution is 0.0539. The van der Waals surface area contributed by atoms with Gasteiger partial charge in [0.2, 0.25) is 0 Å². The quantitative estimate of drug-likeness (QED) is 0.427. The van der Waals surface area contributed by atoms with E-state index in [-0.39, 0.29) is 30.7 Å². The summed E-state index contributed by atoms with van der Waals surface area (Å²) >= 11 is 0. The predicted octanol–water partition coefficient (Wildman–Crippen LogP) is 6.92. The Bertz CT molecular complexity index is 1240. The molecule has 2 heterocycles. The molecule has 1 fully saturated rings. The molecule has 1 saturated heterocycles. The normalized spacial score (nSPS) is 21.0. The Morgan fingerprint density at radius 2 is 1.56 bits per heavy atom. The van der Waals surface area contributed by atoms with Crippen molar-refractivity contribution in [2.24, 2.45) is 0 Å². The summed E-state index contributed by atoms with van der Waals surface area (Å²) in [5, 5.41) is 0. The van der Waals surface area contributed by atoms with Crippen molar-refractivity contribution < 1.29 is 18.3 Å². The molecule has 0 saturated carbocycles. The lowest BCUT2D eigenvalue weighted by Gasteiger charge is -2.44. The van der Waals surface area contributed by atoms with Gasteiger partial charge in [-0.1, -0.05) is 54.6 Å². The van der Waals surface area contributed by atoms with Crippen LogP contribution in [0, 0.1) is 11.6 Å². The number of piperidine rings is 1. The molecule has 5 heteroatoms. The largest absolute Gasteiger partial charge is 0.448 e. The number of nitrogens with zero attached hydrogens (tertiary/aromatic N) is 1. The topological polar surface area (TPSA) is 29.5 Å². The summed E-state index contributed by atoms with van der Waals surface area (Å²) in [6.07, 6.45) is 4.95. The Labute approximate surface area is 197 Å². The van der Waals surface area contributed by atoms with E-state index in [1.54, 1.807) is 0 Å². The third kappa shape index (κ3) is 3.60. The molecule has 2 bridgehead atoms. The van der Waals surface area contributed by atoms with E-state index in [0.29, 0.717) is 12.0 Å². The van der Waals surface area contributed by atoms with Crippen LogP contribution in [0.25, 0.3) is 16.7 Å². The molecule has 2 aliphatic heterocycles. The molecule has 0 N–H and O–H groups in total. The fourth-order valence-electron chi connectivity index (χ4n) is 5.94. The van der Waals surface area contributed by atoms with E-state index in [2.05, 4.69) is 24.3 Å². The van der Waals surface area contributed by atoms with Crippen molar-refractivity contribution >= 4 is 11.7 Å². The molecular formula is C29H25F2NO2. The number of halogens is 2. The van der Waals surface area contributed by atoms with E-state index in [4.69, 9.17) is 4.74 Å². The highest BCUT2D eigenvalue weighted by atomic mass is 19.1. The number of hydrogen-bond acceptors (Lipinski definition) is 2. The lowest BCUT2D eigenvalue weighted by Crippen LogP contribution is -2.51. The number of amides is 1. The second-order valence-corrected chi connectivity index (χ2v) is 9.42. The fraction of sp³-hybridized carbons (Fsp3) is 0.276. The van der Waals surface area contributed by atoms with E-state index < -0.39 is 11.6 Å². The Hall–Kier alpha value is -3.47. The summed E-state index contributed by atoms with van der Waals surface area (Å²) in [4.78, 5) is 15.1. The van der Waals surface area contributed by atoms with Crippen LogP contribution in [0.15, 0.2) is 72.8 Å². The summed E-state index contributed by atoms with van der Waals surface area (Å²) in [6.45, 7) is 0.286. The zero-order valence-electron chi connectivity index (χ0n) is 18.7. The number of hydrogen-bond donors (Lipinski definition) is 0. The summed E-state index contributed by atoms with van der Waals surface area (Å²) in [7, 11) is 0. The summed E-state index contributed by atoms with van der Waals surface area (Å²) in [6, 6.07) is 20.0. The van der Waals surface area contributed by atoms with Crippen molar-refractivity contribution in [3.63, 3.8) is 0 Å². The molecule has 2 unspecified atom stereocenters. The van der Waals surface area contributed by atoms with Crippen LogP contribution < -0.4 is 0 Å². The highest BCUT2D eigenvalue weighted by molar-refractivity contribution is 5.79. The third-order valence-corrected chi connectivity index (χ3v) is 7.42. The van der Waals surface area contributed by atoms with Crippen LogP contribution in [0.2, 0.25) is 0 Å². The molecule has 6 rings (SSSR count). The van der Waals surface area contributed by atoms with Gasteiger partial charge in [0, 0.05) is 18.0 Å². The van der Waals surface area contributed by atoms with E-state index in [9.17, 15) is 13.6 Å². The number of carbonyl (C=O) groups excluding carboxylic acids is 1. The van der Waals surface area contributed by atoms with Crippen molar-refractivity contribution in [1.29, 1.82) is 0 Å². The van der Waals surface area contributed by atoms with E-state index in [0.717, 1.165) is 30.9 Å². The highest BCUT2D eigenvalue weighted by Crippen LogP contribution is 2.45. The van der Waals surface area contributed by atoms with Gasteiger partial charge in [0.1, 0.15) is 18.2 Å². The Balaban J connectivity index is 1.22. The zero-order chi connectivity index (χ0) is 23.2. The van der Waals surface area contributed by atoms with Gasteiger partial charge in [0.15, 0.2) is 0 Å². The van der Waals surface area contributed by atoms with Gasteiger partial charge >= 0.3 is 6.09 Å². The predicted molar refractivity (Wildman–Crippen MR) is 127 cm³/mol. The first-order valence-electron chi connectivity index (χ1n) is 11.9. The molecule has 1 amide bonds. The molecule has 0 spiro atoms. The molecular weight excluding hydrogens is 432 g/mol. The van der Waals surface area contributed by atoms with E-state index in [1.807, 2.05) is 35.2 Å². The third-order valence-electron chi connectivity index (χ3n) is 7.42. The number of carbonyl (C=O) groups is 1. The molecule has 34 heavy (non-hydrogen) atoms. The maximum Gasteiger partial charge on any atom is 0.410 e. The van der Waals surface area contributed by atoms with E-state index in [1.165, 1.54) is 34.4 Å². The van der Waals surface area contributed by atoms with Crippen molar-refractivity contribution in [3.8, 4) is 11.1 Å². The minimum Gasteiger partial charge on any atom is -0.448 e. The molecule has 3 nitrogen and oxygen atoms in total. The number of rotatable bonds is 3. The summed E-state index contributed by atoms with van der Waals surface area (Å²) < 4.78 is 33.5. The van der Waals surface area contributed by atoms with Gasteiger partial charge in [-0.3, -0.25) is 4.90 Å². The average molecular weight is 458 g/mol. The Morgan fingerprint density at radius 3 is 2.21 bits per heavy atom. The van der Waals surface area contributed by atoms with E-state index >= 15 is 0 Å². The van der Waals surface area contributed by atoms with Crippen LogP contribution in [-0.4, -0.2) is 29.7 Å². The van der Waals surface area contributed by atoms with Gasteiger partial charge in [-0.25, -0.2) is 13.6 Å². The van der Waals surface area contributed by atoms with Gasteiger partial charge in [-0.2, -0.15) is 0 Å². The molecule has 3 aromatic carbocycles. The van der Waals surface area contributed by atoms with Gasteiger partial charge in [-0.15, -0.1) is 0 Å². The molecule has 172 valence electrons. The summed E-state index contributed by atoms with van der Waals surface area (Å²) in [5.41, 5.74) is 6.22. The van der Waals surface area contributed by atoms with Gasteiger partial charge in [0.05, 0.1) is 6.04 Å². The maximum atomic E-state index is 13.8.